The average molecular weight is 663 g/mol. The van der Waals surface area contributed by atoms with Crippen LogP contribution in [0.25, 0.3) is 44.3 Å². The summed E-state index contributed by atoms with van der Waals surface area (Å²) in [4.78, 5) is 17.3. The molecular weight excluding hydrogens is 631 g/mol. The van der Waals surface area contributed by atoms with E-state index in [1.54, 1.807) is 24.8 Å². The average Bonchev–Trinajstić information content (AvgIpc) is 3.63. The molecule has 0 N–H and O–H groups in total. The fourth-order valence-electron chi connectivity index (χ4n) is 4.27. The molecule has 6 aromatic rings. The van der Waals surface area contributed by atoms with Crippen molar-refractivity contribution >= 4 is 48.1 Å². The molecule has 0 fully saturated rings. The van der Waals surface area contributed by atoms with E-state index in [0.29, 0.717) is 0 Å². The predicted molar refractivity (Wildman–Crippen MR) is 169 cm³/mol. The zero-order valence-electron chi connectivity index (χ0n) is 23.2. The monoisotopic (exact) mass is 660 g/mol. The van der Waals surface area contributed by atoms with Crippen molar-refractivity contribution in [2.75, 3.05) is 0 Å². The normalized spacial score (nSPS) is 9.95. The van der Waals surface area contributed by atoms with Gasteiger partial charge in [0.25, 0.3) is 0 Å². The number of hydrogen-bond donors (Lipinski definition) is 0. The van der Waals surface area contributed by atoms with Gasteiger partial charge in [-0.2, -0.15) is 12.1 Å². The zero-order chi connectivity index (χ0) is 28.7. The summed E-state index contributed by atoms with van der Waals surface area (Å²) in [6.07, 6.45) is 9.25. The Hall–Kier alpha value is -2.50. The van der Waals surface area contributed by atoms with E-state index >= 15 is 0 Å². The van der Waals surface area contributed by atoms with E-state index in [1.807, 2.05) is 12.1 Å². The van der Waals surface area contributed by atoms with Gasteiger partial charge in [0, 0.05) is 34.3 Å². The Kier molecular flexibility index (Phi) is 13.9. The summed E-state index contributed by atoms with van der Waals surface area (Å²) in [5.74, 6) is 1.60. The molecule has 0 unspecified atom stereocenters. The fraction of sp³-hybridized carbons (Fsp3) is 0.188. The number of benzene rings is 2. The van der Waals surface area contributed by atoms with Crippen molar-refractivity contribution in [2.24, 2.45) is 0 Å². The van der Waals surface area contributed by atoms with E-state index in [0.717, 1.165) is 45.1 Å². The van der Waals surface area contributed by atoms with E-state index in [4.69, 9.17) is 17.0 Å². The molecule has 0 saturated carbocycles. The number of hydrogen-bond acceptors (Lipinski definition) is 4. The molecule has 0 aliphatic carbocycles. The molecule has 202 valence electrons. The van der Waals surface area contributed by atoms with Gasteiger partial charge in [-0.1, -0.05) is 39.1 Å². The van der Waals surface area contributed by atoms with Crippen molar-refractivity contribution in [3.05, 3.63) is 109 Å². The minimum atomic E-state index is -0.826. The van der Waals surface area contributed by atoms with Gasteiger partial charge in [0.2, 0.25) is 0 Å². The second kappa shape index (κ2) is 17.3. The predicted octanol–water partition coefficient (Wildman–Crippen LogP) is 9.32. The van der Waals surface area contributed by atoms with Crippen molar-refractivity contribution in [2.45, 2.75) is 39.8 Å². The quantitative estimate of drug-likeness (QED) is 0.140. The summed E-state index contributed by atoms with van der Waals surface area (Å²) in [6, 6.07) is 25.2. The van der Waals surface area contributed by atoms with Crippen LogP contribution in [0.2, 0.25) is 13.1 Å². The Bertz CT molecular complexity index is 1450. The first kappa shape index (κ1) is 32.0. The summed E-state index contributed by atoms with van der Waals surface area (Å²) in [6.45, 7) is 8.65. The molecule has 8 heteroatoms. The van der Waals surface area contributed by atoms with Gasteiger partial charge in [-0.3, -0.25) is 0 Å². The van der Waals surface area contributed by atoms with Crippen molar-refractivity contribution in [1.82, 2.24) is 19.9 Å². The van der Waals surface area contributed by atoms with Crippen molar-refractivity contribution in [1.29, 1.82) is 0 Å². The molecule has 2 aromatic heterocycles. The minimum absolute atomic E-state index is 0.798. The molecule has 0 amide bonds. The molecule has 0 atom stereocenters. The van der Waals surface area contributed by atoms with Gasteiger partial charge >= 0.3 is 37.9 Å². The third-order valence-electron chi connectivity index (χ3n) is 6.05. The Morgan fingerprint density at radius 2 is 1.00 bits per heavy atom. The summed E-state index contributed by atoms with van der Waals surface area (Å²) in [7, 11) is 11.0. The molecule has 6 rings (SSSR count). The third-order valence-corrected chi connectivity index (χ3v) is 6.05. The van der Waals surface area contributed by atoms with Gasteiger partial charge in [0.1, 0.15) is 11.6 Å². The van der Waals surface area contributed by atoms with Crippen LogP contribution in [0, 0.1) is 0 Å². The number of halogens is 2. The van der Waals surface area contributed by atoms with Crippen LogP contribution in [0.15, 0.2) is 97.6 Å². The third kappa shape index (κ3) is 8.75. The molecule has 0 spiro atoms. The van der Waals surface area contributed by atoms with Crippen LogP contribution in [0.1, 0.15) is 25.0 Å². The number of aryl methyl sites for hydroxylation is 2. The van der Waals surface area contributed by atoms with E-state index in [1.165, 1.54) is 32.7 Å². The zero-order valence-corrected chi connectivity index (χ0v) is 28.2. The number of nitrogens with zero attached hydrogens (tertiary/aromatic N) is 4. The van der Waals surface area contributed by atoms with E-state index < -0.39 is 20.8 Å². The van der Waals surface area contributed by atoms with Gasteiger partial charge in [0.05, 0.1) is 0 Å². The number of aromatic nitrogens is 4. The summed E-state index contributed by atoms with van der Waals surface area (Å²) in [5, 5.41) is 5.03. The molecule has 0 aliphatic heterocycles. The Labute approximate surface area is 258 Å². The molecule has 4 nitrogen and oxygen atoms in total. The van der Waals surface area contributed by atoms with Gasteiger partial charge in [-0.05, 0) is 36.1 Å². The summed E-state index contributed by atoms with van der Waals surface area (Å²) >= 11 is -0.826. The second-order valence-corrected chi connectivity index (χ2v) is 13.5. The first-order valence-electron chi connectivity index (χ1n) is 13.1. The van der Waals surface area contributed by atoms with E-state index in [9.17, 15) is 0 Å². The van der Waals surface area contributed by atoms with Crippen LogP contribution in [0.4, 0.5) is 0 Å². The SMILES string of the molecule is CCc1cc2c(-c3ncccn3)cccc2[cH-]1.CCc1cc2c(-c3ncccn3)cccc2[cH-]1.C[Si]C.[Cl][Zr+2][Cl]. The topological polar surface area (TPSA) is 51.6 Å². The van der Waals surface area contributed by atoms with Gasteiger partial charge in [-0.25, -0.2) is 19.9 Å². The van der Waals surface area contributed by atoms with Crippen LogP contribution < -0.4 is 0 Å². The Morgan fingerprint density at radius 1 is 0.650 bits per heavy atom. The summed E-state index contributed by atoms with van der Waals surface area (Å²) in [5.41, 5.74) is 4.96. The molecule has 0 saturated heterocycles. The first-order chi connectivity index (χ1) is 19.6. The van der Waals surface area contributed by atoms with E-state index in [-0.39, 0.29) is 0 Å². The van der Waals surface area contributed by atoms with E-state index in [2.05, 4.69) is 108 Å². The standard InChI is InChI=1S/2C15H13N2.C2H6Si.2ClH.Zr/c2*1-2-11-9-12-5-3-6-13(14(12)10-11)15-16-7-4-8-17-15;1-3-2;;;/h2*3-10H,2H2,1H3;1-2H3;2*1H;/q2*-1;;;;+4/p-2. The van der Waals surface area contributed by atoms with Crippen LogP contribution in [0.5, 0.6) is 0 Å². The summed E-state index contributed by atoms with van der Waals surface area (Å²) < 4.78 is 0. The molecule has 2 heterocycles. The van der Waals surface area contributed by atoms with Crippen LogP contribution in [0.3, 0.4) is 0 Å². The number of rotatable bonds is 4. The van der Waals surface area contributed by atoms with Gasteiger partial charge in [-0.15, -0.1) is 69.1 Å². The maximum atomic E-state index is 4.93. The molecular formula is C32H32Cl2N4SiZr. The molecule has 4 aromatic carbocycles. The molecule has 40 heavy (non-hydrogen) atoms. The maximum absolute atomic E-state index is 4.93. The Morgan fingerprint density at radius 3 is 1.32 bits per heavy atom. The van der Waals surface area contributed by atoms with Crippen molar-refractivity contribution in [3.8, 4) is 22.8 Å². The number of fused-ring (bicyclic) bond motifs is 2. The van der Waals surface area contributed by atoms with Crippen LogP contribution in [-0.2, 0) is 33.7 Å². The first-order valence-corrected chi connectivity index (χ1v) is 21.4. The van der Waals surface area contributed by atoms with Crippen LogP contribution >= 0.6 is 17.0 Å². The Balaban J connectivity index is 0.000000185. The molecule has 0 bridgehead atoms. The molecule has 0 aliphatic rings. The van der Waals surface area contributed by atoms with Gasteiger partial charge < -0.3 is 0 Å². The fourth-order valence-corrected chi connectivity index (χ4v) is 4.27. The van der Waals surface area contributed by atoms with Crippen molar-refractivity contribution in [3.63, 3.8) is 0 Å². The molecule has 2 radical (unpaired) electrons. The van der Waals surface area contributed by atoms with Crippen LogP contribution in [-0.4, -0.2) is 29.5 Å². The van der Waals surface area contributed by atoms with Gasteiger partial charge in [0.15, 0.2) is 0 Å². The second-order valence-electron chi connectivity index (χ2n) is 8.77. The van der Waals surface area contributed by atoms with Crippen molar-refractivity contribution < 1.29 is 20.8 Å².